The van der Waals surface area contributed by atoms with Gasteiger partial charge in [0, 0.05) is 6.20 Å². The smallest absolute Gasteiger partial charge is 0.340 e. The Hall–Kier alpha value is -2.40. The molecule has 0 aliphatic heterocycles. The van der Waals surface area contributed by atoms with Gasteiger partial charge < -0.3 is 10.1 Å². The molecule has 1 aromatic heterocycles. The molecule has 2 rings (SSSR count). The third kappa shape index (κ3) is 6.07. The van der Waals surface area contributed by atoms with Crippen molar-refractivity contribution in [1.82, 2.24) is 10.3 Å². The van der Waals surface area contributed by atoms with Gasteiger partial charge in [0.05, 0.1) is 11.6 Å². The molecule has 5 nitrogen and oxygen atoms in total. The fourth-order valence-electron chi connectivity index (χ4n) is 2.65. The summed E-state index contributed by atoms with van der Waals surface area (Å²) < 4.78 is 5.06. The molecule has 0 saturated carbocycles. The van der Waals surface area contributed by atoms with E-state index in [0.717, 1.165) is 5.56 Å². The van der Waals surface area contributed by atoms with Crippen LogP contribution >= 0.6 is 11.6 Å². The third-order valence-electron chi connectivity index (χ3n) is 4.24. The summed E-state index contributed by atoms with van der Waals surface area (Å²) >= 11 is 5.69. The van der Waals surface area contributed by atoms with Crippen LogP contribution in [-0.4, -0.2) is 23.5 Å². The van der Waals surface area contributed by atoms with Gasteiger partial charge in [-0.2, -0.15) is 0 Å². The van der Waals surface area contributed by atoms with E-state index >= 15 is 0 Å². The fraction of sp³-hybridized carbons (Fsp3) is 0.381. The number of ether oxygens (including phenoxy) is 1. The molecule has 1 heterocycles. The number of rotatable bonds is 7. The molecular formula is C21H25ClN2O3. The molecule has 0 aliphatic carbocycles. The van der Waals surface area contributed by atoms with Gasteiger partial charge in [-0.15, -0.1) is 0 Å². The van der Waals surface area contributed by atoms with Crippen LogP contribution in [-0.2, 0) is 9.53 Å². The van der Waals surface area contributed by atoms with E-state index in [4.69, 9.17) is 16.3 Å². The minimum atomic E-state index is -0.614. The second kappa shape index (κ2) is 9.51. The predicted molar refractivity (Wildman–Crippen MR) is 106 cm³/mol. The summed E-state index contributed by atoms with van der Waals surface area (Å²) in [6.07, 6.45) is 1.32. The quantitative estimate of drug-likeness (QED) is 0.559. The van der Waals surface area contributed by atoms with Crippen molar-refractivity contribution >= 4 is 23.5 Å². The Kier molecular flexibility index (Phi) is 7.36. The van der Waals surface area contributed by atoms with E-state index in [9.17, 15) is 9.59 Å². The third-order valence-corrected chi connectivity index (χ3v) is 4.47. The normalized spacial score (nSPS) is 12.1. The zero-order valence-corrected chi connectivity index (χ0v) is 16.8. The molecular weight excluding hydrogens is 364 g/mol. The molecule has 1 N–H and O–H groups in total. The first-order valence-corrected chi connectivity index (χ1v) is 9.33. The highest BCUT2D eigenvalue weighted by Gasteiger charge is 2.19. The lowest BCUT2D eigenvalue weighted by atomic mass is 9.93. The molecule has 0 aliphatic rings. The van der Waals surface area contributed by atoms with Gasteiger partial charge in [-0.05, 0) is 35.1 Å². The van der Waals surface area contributed by atoms with Crippen molar-refractivity contribution in [2.75, 3.05) is 6.61 Å². The van der Waals surface area contributed by atoms with Crippen LogP contribution < -0.4 is 5.32 Å². The van der Waals surface area contributed by atoms with E-state index < -0.39 is 5.97 Å². The van der Waals surface area contributed by atoms with Crippen LogP contribution in [0.4, 0.5) is 0 Å². The maximum atomic E-state index is 12.3. The van der Waals surface area contributed by atoms with E-state index in [1.807, 2.05) is 26.0 Å². The first-order chi connectivity index (χ1) is 12.8. The number of aromatic nitrogens is 1. The molecule has 1 amide bonds. The van der Waals surface area contributed by atoms with Crippen molar-refractivity contribution in [3.8, 4) is 0 Å². The Morgan fingerprint density at radius 3 is 2.19 bits per heavy atom. The summed E-state index contributed by atoms with van der Waals surface area (Å²) in [5.74, 6) is -0.323. The number of carbonyl (C=O) groups excluding carboxylic acids is 2. The summed E-state index contributed by atoms with van der Waals surface area (Å²) in [6.45, 7) is 8.00. The SMILES string of the molecule is CC(C)c1ccc([C@H](NC(=O)COC(=O)c2ccc(Cl)nc2)C(C)C)cc1. The van der Waals surface area contributed by atoms with E-state index in [1.54, 1.807) is 0 Å². The number of amides is 1. The number of carbonyl (C=O) groups is 2. The van der Waals surface area contributed by atoms with Crippen molar-refractivity contribution in [2.24, 2.45) is 5.92 Å². The number of hydrogen-bond donors (Lipinski definition) is 1. The minimum absolute atomic E-state index is 0.158. The van der Waals surface area contributed by atoms with Crippen LogP contribution in [0.1, 0.15) is 61.1 Å². The molecule has 27 heavy (non-hydrogen) atoms. The van der Waals surface area contributed by atoms with Gasteiger partial charge in [-0.25, -0.2) is 9.78 Å². The first kappa shape index (κ1) is 20.9. The molecule has 144 valence electrons. The van der Waals surface area contributed by atoms with Crippen LogP contribution in [0, 0.1) is 5.92 Å². The summed E-state index contributed by atoms with van der Waals surface area (Å²) in [5.41, 5.74) is 2.52. The average molecular weight is 389 g/mol. The van der Waals surface area contributed by atoms with Gasteiger partial charge in [0.25, 0.3) is 5.91 Å². The number of esters is 1. The van der Waals surface area contributed by atoms with Crippen LogP contribution in [0.2, 0.25) is 5.15 Å². The van der Waals surface area contributed by atoms with E-state index in [0.29, 0.717) is 5.92 Å². The number of pyridine rings is 1. The number of halogens is 1. The molecule has 0 fully saturated rings. The van der Waals surface area contributed by atoms with Gasteiger partial charge in [0.15, 0.2) is 6.61 Å². The maximum Gasteiger partial charge on any atom is 0.340 e. The molecule has 1 aromatic carbocycles. The molecule has 1 atom stereocenters. The van der Waals surface area contributed by atoms with Crippen LogP contribution in [0.25, 0.3) is 0 Å². The summed E-state index contributed by atoms with van der Waals surface area (Å²) in [5, 5.41) is 3.23. The fourth-order valence-corrected chi connectivity index (χ4v) is 2.76. The predicted octanol–water partition coefficient (Wildman–Crippen LogP) is 4.53. The van der Waals surface area contributed by atoms with Crippen molar-refractivity contribution in [2.45, 2.75) is 39.7 Å². The second-order valence-corrected chi connectivity index (χ2v) is 7.44. The van der Waals surface area contributed by atoms with E-state index in [1.165, 1.54) is 23.9 Å². The minimum Gasteiger partial charge on any atom is -0.452 e. The first-order valence-electron chi connectivity index (χ1n) is 8.95. The highest BCUT2D eigenvalue weighted by Crippen LogP contribution is 2.24. The summed E-state index contributed by atoms with van der Waals surface area (Å²) in [4.78, 5) is 28.1. The molecule has 0 saturated heterocycles. The topological polar surface area (TPSA) is 68.3 Å². The number of nitrogens with zero attached hydrogens (tertiary/aromatic N) is 1. The second-order valence-electron chi connectivity index (χ2n) is 7.06. The Labute approximate surface area is 165 Å². The lowest BCUT2D eigenvalue weighted by molar-refractivity contribution is -0.125. The van der Waals surface area contributed by atoms with Crippen LogP contribution in [0.15, 0.2) is 42.6 Å². The summed E-state index contributed by atoms with van der Waals surface area (Å²) in [7, 11) is 0. The zero-order valence-electron chi connectivity index (χ0n) is 16.0. The number of benzene rings is 1. The van der Waals surface area contributed by atoms with Crippen LogP contribution in [0.5, 0.6) is 0 Å². The molecule has 0 unspecified atom stereocenters. The lowest BCUT2D eigenvalue weighted by Crippen LogP contribution is -2.35. The number of nitrogens with one attached hydrogen (secondary N) is 1. The zero-order chi connectivity index (χ0) is 20.0. The Morgan fingerprint density at radius 2 is 1.67 bits per heavy atom. The Bertz CT molecular complexity index is 771. The average Bonchev–Trinajstić information content (AvgIpc) is 2.64. The summed E-state index contributed by atoms with van der Waals surface area (Å²) in [6, 6.07) is 11.1. The van der Waals surface area contributed by atoms with Gasteiger partial charge >= 0.3 is 5.97 Å². The van der Waals surface area contributed by atoms with Crippen molar-refractivity contribution < 1.29 is 14.3 Å². The molecule has 0 spiro atoms. The number of hydrogen-bond acceptors (Lipinski definition) is 4. The highest BCUT2D eigenvalue weighted by molar-refractivity contribution is 6.29. The van der Waals surface area contributed by atoms with E-state index in [2.05, 4.69) is 36.3 Å². The lowest BCUT2D eigenvalue weighted by Gasteiger charge is -2.23. The maximum absolute atomic E-state index is 12.3. The molecule has 0 bridgehead atoms. The van der Waals surface area contributed by atoms with Crippen molar-refractivity contribution in [3.63, 3.8) is 0 Å². The molecule has 0 radical (unpaired) electrons. The highest BCUT2D eigenvalue weighted by atomic mass is 35.5. The van der Waals surface area contributed by atoms with Gasteiger partial charge in [0.1, 0.15) is 5.15 Å². The Balaban J connectivity index is 1.96. The molecule has 2 aromatic rings. The Morgan fingerprint density at radius 1 is 1.04 bits per heavy atom. The van der Waals surface area contributed by atoms with Gasteiger partial charge in [0.2, 0.25) is 0 Å². The van der Waals surface area contributed by atoms with E-state index in [-0.39, 0.29) is 35.2 Å². The largest absolute Gasteiger partial charge is 0.452 e. The van der Waals surface area contributed by atoms with Crippen molar-refractivity contribution in [1.29, 1.82) is 0 Å². The monoisotopic (exact) mass is 388 g/mol. The van der Waals surface area contributed by atoms with Crippen LogP contribution in [0.3, 0.4) is 0 Å². The van der Waals surface area contributed by atoms with Gasteiger partial charge in [-0.1, -0.05) is 63.6 Å². The van der Waals surface area contributed by atoms with Gasteiger partial charge in [-0.3, -0.25) is 4.79 Å². The molecule has 6 heteroatoms. The van der Waals surface area contributed by atoms with Crippen molar-refractivity contribution in [3.05, 3.63) is 64.4 Å². The standard InChI is InChI=1S/C21H25ClN2O3/c1-13(2)15-5-7-16(8-6-15)20(14(3)4)24-19(25)12-27-21(26)17-9-10-18(22)23-11-17/h5-11,13-14,20H,12H2,1-4H3,(H,24,25)/t20-/m1/s1.